The first kappa shape index (κ1) is 9.80. The molecule has 74 valence electrons. The standard InChI is InChI=1S/C11H7ClN2O/c12-11-6-13-5-10(14-11)9-3-1-2-8(4-9)7-15/h1-7H. The van der Waals surface area contributed by atoms with Crippen molar-refractivity contribution in [2.75, 3.05) is 0 Å². The minimum absolute atomic E-state index is 0.337. The van der Waals surface area contributed by atoms with Gasteiger partial charge in [-0.05, 0) is 6.07 Å². The lowest BCUT2D eigenvalue weighted by molar-refractivity contribution is 0.112. The lowest BCUT2D eigenvalue weighted by Gasteiger charge is -2.00. The summed E-state index contributed by atoms with van der Waals surface area (Å²) >= 11 is 5.73. The molecule has 0 bridgehead atoms. The molecular formula is C11H7ClN2O. The number of hydrogen-bond donors (Lipinski definition) is 0. The second kappa shape index (κ2) is 4.19. The predicted molar refractivity (Wildman–Crippen MR) is 57.9 cm³/mol. The van der Waals surface area contributed by atoms with E-state index in [-0.39, 0.29) is 0 Å². The van der Waals surface area contributed by atoms with Gasteiger partial charge >= 0.3 is 0 Å². The highest BCUT2D eigenvalue weighted by Crippen LogP contribution is 2.18. The van der Waals surface area contributed by atoms with Crippen molar-refractivity contribution in [3.05, 3.63) is 47.4 Å². The molecule has 0 amide bonds. The van der Waals surface area contributed by atoms with Gasteiger partial charge in [-0.2, -0.15) is 0 Å². The fraction of sp³-hybridized carbons (Fsp3) is 0. The van der Waals surface area contributed by atoms with Crippen molar-refractivity contribution in [1.82, 2.24) is 9.97 Å². The van der Waals surface area contributed by atoms with Crippen molar-refractivity contribution in [1.29, 1.82) is 0 Å². The zero-order valence-corrected chi connectivity index (χ0v) is 8.48. The Bertz CT molecular complexity index is 499. The van der Waals surface area contributed by atoms with Crippen LogP contribution in [0.4, 0.5) is 0 Å². The molecule has 0 atom stereocenters. The van der Waals surface area contributed by atoms with Gasteiger partial charge in [0.2, 0.25) is 0 Å². The zero-order chi connectivity index (χ0) is 10.7. The van der Waals surface area contributed by atoms with Gasteiger partial charge in [0.05, 0.1) is 18.1 Å². The van der Waals surface area contributed by atoms with Crippen LogP contribution in [-0.2, 0) is 0 Å². The maximum atomic E-state index is 10.6. The van der Waals surface area contributed by atoms with Crippen LogP contribution >= 0.6 is 11.6 Å². The molecule has 0 saturated heterocycles. The summed E-state index contributed by atoms with van der Waals surface area (Å²) in [6.45, 7) is 0. The SMILES string of the molecule is O=Cc1cccc(-c2cncc(Cl)n2)c1. The van der Waals surface area contributed by atoms with Crippen LogP contribution in [0.2, 0.25) is 5.15 Å². The van der Waals surface area contributed by atoms with Crippen LogP contribution in [-0.4, -0.2) is 16.3 Å². The largest absolute Gasteiger partial charge is 0.298 e. The molecule has 1 aromatic carbocycles. The molecule has 0 aliphatic rings. The molecular weight excluding hydrogens is 212 g/mol. The van der Waals surface area contributed by atoms with Crippen molar-refractivity contribution in [3.63, 3.8) is 0 Å². The monoisotopic (exact) mass is 218 g/mol. The Morgan fingerprint density at radius 1 is 1.27 bits per heavy atom. The van der Waals surface area contributed by atoms with E-state index in [1.807, 2.05) is 6.07 Å². The Balaban J connectivity index is 2.49. The summed E-state index contributed by atoms with van der Waals surface area (Å²) in [5.74, 6) is 0. The number of halogens is 1. The molecule has 1 aromatic heterocycles. The summed E-state index contributed by atoms with van der Waals surface area (Å²) in [6.07, 6.45) is 3.87. The predicted octanol–water partition coefficient (Wildman–Crippen LogP) is 2.61. The summed E-state index contributed by atoms with van der Waals surface area (Å²) < 4.78 is 0. The van der Waals surface area contributed by atoms with E-state index in [9.17, 15) is 4.79 Å². The highest BCUT2D eigenvalue weighted by Gasteiger charge is 2.01. The van der Waals surface area contributed by atoms with E-state index < -0.39 is 0 Å². The average molecular weight is 219 g/mol. The number of carbonyl (C=O) groups is 1. The van der Waals surface area contributed by atoms with Crippen LogP contribution in [0.3, 0.4) is 0 Å². The van der Waals surface area contributed by atoms with Gasteiger partial charge in [-0.3, -0.25) is 9.78 Å². The summed E-state index contributed by atoms with van der Waals surface area (Å²) in [7, 11) is 0. The van der Waals surface area contributed by atoms with Crippen LogP contribution in [0.1, 0.15) is 10.4 Å². The smallest absolute Gasteiger partial charge is 0.150 e. The average Bonchev–Trinajstić information content (AvgIpc) is 2.29. The number of rotatable bonds is 2. The first-order valence-corrected chi connectivity index (χ1v) is 4.70. The number of benzene rings is 1. The van der Waals surface area contributed by atoms with Gasteiger partial charge in [0.1, 0.15) is 11.4 Å². The summed E-state index contributed by atoms with van der Waals surface area (Å²) in [6, 6.07) is 7.12. The maximum absolute atomic E-state index is 10.6. The van der Waals surface area contributed by atoms with E-state index in [4.69, 9.17) is 11.6 Å². The van der Waals surface area contributed by atoms with E-state index in [1.165, 1.54) is 6.20 Å². The molecule has 0 radical (unpaired) electrons. The number of nitrogens with zero attached hydrogens (tertiary/aromatic N) is 2. The fourth-order valence-electron chi connectivity index (χ4n) is 1.25. The van der Waals surface area contributed by atoms with Gasteiger partial charge in [0, 0.05) is 11.1 Å². The number of hydrogen-bond acceptors (Lipinski definition) is 3. The van der Waals surface area contributed by atoms with E-state index >= 15 is 0 Å². The van der Waals surface area contributed by atoms with Gasteiger partial charge in [0.15, 0.2) is 0 Å². The van der Waals surface area contributed by atoms with Gasteiger partial charge < -0.3 is 0 Å². The molecule has 15 heavy (non-hydrogen) atoms. The first-order valence-electron chi connectivity index (χ1n) is 4.33. The van der Waals surface area contributed by atoms with E-state index in [0.717, 1.165) is 11.8 Å². The number of aldehydes is 1. The van der Waals surface area contributed by atoms with Gasteiger partial charge in [0.25, 0.3) is 0 Å². The third kappa shape index (κ3) is 2.19. The molecule has 0 aliphatic carbocycles. The van der Waals surface area contributed by atoms with Crippen LogP contribution < -0.4 is 0 Å². The Hall–Kier alpha value is -1.74. The molecule has 0 aliphatic heterocycles. The normalized spacial score (nSPS) is 9.93. The second-order valence-electron chi connectivity index (χ2n) is 2.97. The molecule has 3 nitrogen and oxygen atoms in total. The summed E-state index contributed by atoms with van der Waals surface area (Å²) in [4.78, 5) is 18.6. The summed E-state index contributed by atoms with van der Waals surface area (Å²) in [5, 5.41) is 0.337. The third-order valence-electron chi connectivity index (χ3n) is 1.92. The number of aromatic nitrogens is 2. The fourth-order valence-corrected chi connectivity index (χ4v) is 1.40. The first-order chi connectivity index (χ1) is 7.29. The van der Waals surface area contributed by atoms with Crippen molar-refractivity contribution < 1.29 is 4.79 Å². The molecule has 0 saturated carbocycles. The van der Waals surface area contributed by atoms with E-state index in [2.05, 4.69) is 9.97 Å². The quantitative estimate of drug-likeness (QED) is 0.728. The highest BCUT2D eigenvalue weighted by molar-refractivity contribution is 6.29. The lowest BCUT2D eigenvalue weighted by Crippen LogP contribution is -1.87. The van der Waals surface area contributed by atoms with Crippen LogP contribution in [0.25, 0.3) is 11.3 Å². The van der Waals surface area contributed by atoms with Crippen molar-refractivity contribution in [3.8, 4) is 11.3 Å². The highest BCUT2D eigenvalue weighted by atomic mass is 35.5. The van der Waals surface area contributed by atoms with Gasteiger partial charge in [-0.15, -0.1) is 0 Å². The lowest BCUT2D eigenvalue weighted by atomic mass is 10.1. The maximum Gasteiger partial charge on any atom is 0.150 e. The van der Waals surface area contributed by atoms with Gasteiger partial charge in [-0.25, -0.2) is 4.98 Å². The zero-order valence-electron chi connectivity index (χ0n) is 7.72. The Morgan fingerprint density at radius 3 is 2.87 bits per heavy atom. The Morgan fingerprint density at radius 2 is 2.13 bits per heavy atom. The van der Waals surface area contributed by atoms with Crippen molar-refractivity contribution >= 4 is 17.9 Å². The molecule has 0 unspecified atom stereocenters. The molecule has 0 fully saturated rings. The minimum Gasteiger partial charge on any atom is -0.298 e. The van der Waals surface area contributed by atoms with Crippen molar-refractivity contribution in [2.45, 2.75) is 0 Å². The van der Waals surface area contributed by atoms with Gasteiger partial charge in [-0.1, -0.05) is 29.8 Å². The number of carbonyl (C=O) groups excluding carboxylic acids is 1. The van der Waals surface area contributed by atoms with Crippen LogP contribution in [0, 0.1) is 0 Å². The molecule has 0 N–H and O–H groups in total. The molecule has 2 aromatic rings. The second-order valence-corrected chi connectivity index (χ2v) is 3.36. The Kier molecular flexibility index (Phi) is 2.74. The molecule has 1 heterocycles. The van der Waals surface area contributed by atoms with E-state index in [0.29, 0.717) is 16.4 Å². The van der Waals surface area contributed by atoms with Crippen molar-refractivity contribution in [2.24, 2.45) is 0 Å². The minimum atomic E-state index is 0.337. The van der Waals surface area contributed by atoms with E-state index in [1.54, 1.807) is 24.4 Å². The third-order valence-corrected chi connectivity index (χ3v) is 2.11. The Labute approximate surface area is 91.8 Å². The molecule has 0 spiro atoms. The summed E-state index contributed by atoms with van der Waals surface area (Å²) in [5.41, 5.74) is 2.09. The van der Waals surface area contributed by atoms with Crippen LogP contribution in [0.15, 0.2) is 36.7 Å². The molecule has 4 heteroatoms. The molecule has 2 rings (SSSR count). The topological polar surface area (TPSA) is 42.9 Å². The van der Waals surface area contributed by atoms with Crippen LogP contribution in [0.5, 0.6) is 0 Å².